The van der Waals surface area contributed by atoms with E-state index < -0.39 is 16.6 Å². The number of rotatable bonds is 11. The summed E-state index contributed by atoms with van der Waals surface area (Å²) < 4.78 is 39.6. The van der Waals surface area contributed by atoms with Crippen LogP contribution in [0.2, 0.25) is 15.1 Å². The van der Waals surface area contributed by atoms with E-state index in [0.717, 1.165) is 11.3 Å². The molecule has 0 aliphatic carbocycles. The molecule has 1 N–H and O–H groups in total. The largest absolute Gasteiger partial charge is 0.487 e. The molecule has 0 saturated carbocycles. The van der Waals surface area contributed by atoms with E-state index in [2.05, 4.69) is 15.1 Å². The Kier molecular flexibility index (Phi) is 11.8. The number of hydrogen-bond acceptors (Lipinski definition) is 6. The Labute approximate surface area is 291 Å². The summed E-state index contributed by atoms with van der Waals surface area (Å²) in [6.45, 7) is 5.03. The molecule has 252 valence electrons. The molecule has 0 radical (unpaired) electrons. The van der Waals surface area contributed by atoms with E-state index in [1.807, 2.05) is 6.07 Å². The molecule has 1 heterocycles. The molecule has 0 bridgehead atoms. The number of nitro benzene ring substituents is 1. The zero-order valence-corrected chi connectivity index (χ0v) is 28.2. The van der Waals surface area contributed by atoms with Gasteiger partial charge < -0.3 is 24.6 Å². The maximum Gasteiger partial charge on any atom is 0.311 e. The predicted molar refractivity (Wildman–Crippen MR) is 185 cm³/mol. The van der Waals surface area contributed by atoms with Gasteiger partial charge in [0.2, 0.25) is 0 Å². The number of nitro groups is 1. The smallest absolute Gasteiger partial charge is 0.311 e. The summed E-state index contributed by atoms with van der Waals surface area (Å²) in [5.41, 5.74) is 2.13. The van der Waals surface area contributed by atoms with Crippen LogP contribution in [0.5, 0.6) is 17.2 Å². The first-order valence-corrected chi connectivity index (χ1v) is 16.3. The van der Waals surface area contributed by atoms with Crippen molar-refractivity contribution in [3.05, 3.63) is 121 Å². The summed E-state index contributed by atoms with van der Waals surface area (Å²) in [6.07, 6.45) is 0.595. The maximum atomic E-state index is 14.4. The summed E-state index contributed by atoms with van der Waals surface area (Å²) in [6, 6.07) is 18.3. The molecule has 0 spiro atoms. The third-order valence-electron chi connectivity index (χ3n) is 7.62. The molecule has 5 rings (SSSR count). The van der Waals surface area contributed by atoms with E-state index in [0.29, 0.717) is 78.8 Å². The highest BCUT2D eigenvalue weighted by molar-refractivity contribution is 6.35. The van der Waals surface area contributed by atoms with E-state index in [1.165, 1.54) is 42.5 Å². The number of ether oxygens (including phenoxy) is 2. The molecule has 9 nitrogen and oxygen atoms in total. The molecule has 1 saturated heterocycles. The lowest BCUT2D eigenvalue weighted by Crippen LogP contribution is -2.52. The van der Waals surface area contributed by atoms with Gasteiger partial charge in [0.05, 0.1) is 23.1 Å². The van der Waals surface area contributed by atoms with E-state index in [1.54, 1.807) is 31.2 Å². The molecule has 0 unspecified atom stereocenters. The minimum atomic E-state index is -0.577. The van der Waals surface area contributed by atoms with Gasteiger partial charge in [0.1, 0.15) is 23.1 Å². The first kappa shape index (κ1) is 35.0. The summed E-state index contributed by atoms with van der Waals surface area (Å²) in [5.74, 6) is 0.433. The summed E-state index contributed by atoms with van der Waals surface area (Å²) >= 11 is 18.4. The van der Waals surface area contributed by atoms with Crippen LogP contribution in [0.1, 0.15) is 18.1 Å². The van der Waals surface area contributed by atoms with Crippen LogP contribution < -0.4 is 19.7 Å². The van der Waals surface area contributed by atoms with Crippen molar-refractivity contribution < 1.29 is 23.2 Å². The lowest BCUT2D eigenvalue weighted by Gasteiger charge is -2.38. The van der Waals surface area contributed by atoms with E-state index in [9.17, 15) is 18.9 Å². The highest BCUT2D eigenvalue weighted by Gasteiger charge is 2.23. The first-order valence-electron chi connectivity index (χ1n) is 15.2. The van der Waals surface area contributed by atoms with Crippen molar-refractivity contribution in [1.29, 1.82) is 0 Å². The SMILES string of the molecule is CCOc1cc(N2CCN(C(=NCc3cc(F)ccc3Oc3ccc(F)c(Cl)c3)NCCc3ccc(Cl)cc3Cl)CC2)ccc1[N+](=O)[O-]. The van der Waals surface area contributed by atoms with Crippen molar-refractivity contribution in [1.82, 2.24) is 10.2 Å². The fourth-order valence-electron chi connectivity index (χ4n) is 5.20. The molecule has 48 heavy (non-hydrogen) atoms. The van der Waals surface area contributed by atoms with Crippen LogP contribution >= 0.6 is 34.8 Å². The zero-order valence-electron chi connectivity index (χ0n) is 25.9. The topological polar surface area (TPSA) is 92.5 Å². The van der Waals surface area contributed by atoms with Gasteiger partial charge >= 0.3 is 5.69 Å². The number of nitrogens with zero attached hydrogens (tertiary/aromatic N) is 4. The Hall–Kier alpha value is -4.32. The minimum Gasteiger partial charge on any atom is -0.487 e. The maximum absolute atomic E-state index is 14.4. The van der Waals surface area contributed by atoms with Gasteiger partial charge in [0.25, 0.3) is 0 Å². The van der Waals surface area contributed by atoms with Gasteiger partial charge in [-0.25, -0.2) is 13.8 Å². The predicted octanol–water partition coefficient (Wildman–Crippen LogP) is 8.53. The quantitative estimate of drug-likeness (QED) is 0.0720. The lowest BCUT2D eigenvalue weighted by molar-refractivity contribution is -0.385. The van der Waals surface area contributed by atoms with E-state index >= 15 is 0 Å². The van der Waals surface area contributed by atoms with Crippen molar-refractivity contribution in [3.8, 4) is 17.2 Å². The Morgan fingerprint density at radius 2 is 1.71 bits per heavy atom. The van der Waals surface area contributed by atoms with Crippen molar-refractivity contribution in [2.45, 2.75) is 19.9 Å². The molecule has 4 aromatic carbocycles. The number of anilines is 1. The van der Waals surface area contributed by atoms with Crippen molar-refractivity contribution >= 4 is 52.1 Å². The minimum absolute atomic E-state index is 0.0757. The van der Waals surface area contributed by atoms with E-state index in [-0.39, 0.29) is 23.0 Å². The van der Waals surface area contributed by atoms with Crippen molar-refractivity contribution in [2.75, 3.05) is 44.2 Å². The van der Waals surface area contributed by atoms with Gasteiger partial charge in [-0.3, -0.25) is 10.1 Å². The van der Waals surface area contributed by atoms with Crippen molar-refractivity contribution in [2.24, 2.45) is 4.99 Å². The van der Waals surface area contributed by atoms with Gasteiger partial charge in [-0.2, -0.15) is 0 Å². The second-order valence-electron chi connectivity index (χ2n) is 10.8. The van der Waals surface area contributed by atoms with Crippen LogP contribution in [-0.4, -0.2) is 55.1 Å². The van der Waals surface area contributed by atoms with Crippen LogP contribution in [0, 0.1) is 21.7 Å². The molecular weight excluding hydrogens is 687 g/mol. The zero-order chi connectivity index (χ0) is 34.2. The van der Waals surface area contributed by atoms with Crippen LogP contribution in [0.4, 0.5) is 20.2 Å². The average molecular weight is 719 g/mol. The fraction of sp³-hybridized carbons (Fsp3) is 0.265. The van der Waals surface area contributed by atoms with Gasteiger partial charge in [0, 0.05) is 72.2 Å². The monoisotopic (exact) mass is 717 g/mol. The number of halogens is 5. The fourth-order valence-corrected chi connectivity index (χ4v) is 5.87. The van der Waals surface area contributed by atoms with Crippen LogP contribution in [0.3, 0.4) is 0 Å². The molecular formula is C34H32Cl3F2N5O4. The third-order valence-corrected chi connectivity index (χ3v) is 8.49. The van der Waals surface area contributed by atoms with Crippen LogP contribution in [0.25, 0.3) is 0 Å². The second kappa shape index (κ2) is 16.2. The number of aliphatic imine (C=N–C) groups is 1. The Balaban J connectivity index is 1.35. The molecule has 1 fully saturated rings. The Bertz CT molecular complexity index is 1810. The normalized spacial score (nSPS) is 13.4. The van der Waals surface area contributed by atoms with Gasteiger partial charge in [-0.15, -0.1) is 0 Å². The van der Waals surface area contributed by atoms with Gasteiger partial charge in [0.15, 0.2) is 11.7 Å². The number of benzene rings is 4. The molecule has 1 aliphatic rings. The summed E-state index contributed by atoms with van der Waals surface area (Å²) in [5, 5.41) is 15.9. The first-order chi connectivity index (χ1) is 23.1. The van der Waals surface area contributed by atoms with E-state index in [4.69, 9.17) is 49.3 Å². The van der Waals surface area contributed by atoms with Crippen molar-refractivity contribution in [3.63, 3.8) is 0 Å². The number of piperazine rings is 1. The highest BCUT2D eigenvalue weighted by Crippen LogP contribution is 2.33. The molecule has 0 aromatic heterocycles. The van der Waals surface area contributed by atoms with Gasteiger partial charge in [-0.05, 0) is 67.4 Å². The molecule has 0 atom stereocenters. The van der Waals surface area contributed by atoms with Crippen LogP contribution in [0.15, 0.2) is 77.8 Å². The Morgan fingerprint density at radius 3 is 2.42 bits per heavy atom. The summed E-state index contributed by atoms with van der Waals surface area (Å²) in [7, 11) is 0. The van der Waals surface area contributed by atoms with Crippen LogP contribution in [-0.2, 0) is 13.0 Å². The molecule has 1 aliphatic heterocycles. The molecule has 14 heteroatoms. The second-order valence-corrected chi connectivity index (χ2v) is 12.0. The lowest BCUT2D eigenvalue weighted by atomic mass is 10.1. The third kappa shape index (κ3) is 8.97. The number of hydrogen-bond donors (Lipinski definition) is 1. The molecule has 4 aromatic rings. The number of nitrogens with one attached hydrogen (secondary N) is 1. The molecule has 0 amide bonds. The average Bonchev–Trinajstić information content (AvgIpc) is 3.06. The number of guanidine groups is 1. The summed E-state index contributed by atoms with van der Waals surface area (Å²) in [4.78, 5) is 20.1. The highest BCUT2D eigenvalue weighted by atomic mass is 35.5. The Morgan fingerprint density at radius 1 is 0.917 bits per heavy atom. The van der Waals surface area contributed by atoms with Gasteiger partial charge in [-0.1, -0.05) is 40.9 Å². The standard InChI is InChI=1S/C34H32Cl3F2N5O4/c1-2-47-33-19-26(6-9-31(33)44(45)46)42-13-15-43(16-14-42)34(40-12-11-22-3-4-24(35)18-28(22)36)41-21-23-17-25(38)5-10-32(23)48-27-7-8-30(39)29(37)20-27/h3-10,17-20H,2,11-16,21H2,1H3,(H,40,41).